The number of hydrogen-bond donors (Lipinski definition) is 3. The van der Waals surface area contributed by atoms with Crippen molar-refractivity contribution in [3.8, 4) is 0 Å². The molecule has 0 fully saturated rings. The molecule has 0 atom stereocenters. The lowest BCUT2D eigenvalue weighted by Crippen LogP contribution is -2.38. The molecule has 0 spiro atoms. The molecule has 1 rings (SSSR count). The van der Waals surface area contributed by atoms with E-state index in [2.05, 4.69) is 27.0 Å². The van der Waals surface area contributed by atoms with Crippen molar-refractivity contribution in [2.45, 2.75) is 65.3 Å². The first-order chi connectivity index (χ1) is 10.6. The number of allylic oxidation sites excluding steroid dienone is 1. The van der Waals surface area contributed by atoms with Crippen LogP contribution in [0, 0.1) is 0 Å². The lowest BCUT2D eigenvalue weighted by atomic mass is 9.97. The van der Waals surface area contributed by atoms with Gasteiger partial charge in [-0.15, -0.1) is 0 Å². The number of rotatable bonds is 8. The van der Waals surface area contributed by atoms with Gasteiger partial charge in [-0.25, -0.2) is 0 Å². The second kappa shape index (κ2) is 11.1. The molecule has 0 saturated heterocycles. The first kappa shape index (κ1) is 18.5. The Hall–Kier alpha value is -1.52. The van der Waals surface area contributed by atoms with Crippen molar-refractivity contribution in [3.63, 3.8) is 0 Å². The zero-order valence-electron chi connectivity index (χ0n) is 14.4. The highest BCUT2D eigenvalue weighted by Gasteiger charge is 2.05. The largest absolute Gasteiger partial charge is 0.357 e. The van der Waals surface area contributed by atoms with E-state index in [1.165, 1.54) is 25.7 Å². The number of carbonyl (C=O) groups excluding carboxylic acids is 1. The van der Waals surface area contributed by atoms with Crippen molar-refractivity contribution in [1.82, 2.24) is 16.0 Å². The molecule has 3 N–H and O–H groups in total. The minimum Gasteiger partial charge on any atom is -0.357 e. The van der Waals surface area contributed by atoms with Crippen molar-refractivity contribution in [1.29, 1.82) is 0 Å². The molecular formula is C17H32N4O. The minimum absolute atomic E-state index is 0.0574. The Morgan fingerprint density at radius 1 is 1.32 bits per heavy atom. The fourth-order valence-electron chi connectivity index (χ4n) is 2.48. The number of carbonyl (C=O) groups is 1. The van der Waals surface area contributed by atoms with Gasteiger partial charge in [-0.2, -0.15) is 0 Å². The molecule has 126 valence electrons. The molecule has 0 radical (unpaired) electrons. The Kier molecular flexibility index (Phi) is 9.35. The van der Waals surface area contributed by atoms with Crippen LogP contribution >= 0.6 is 0 Å². The lowest BCUT2D eigenvalue weighted by molar-refractivity contribution is -0.121. The third-order valence-corrected chi connectivity index (χ3v) is 3.53. The van der Waals surface area contributed by atoms with E-state index in [4.69, 9.17) is 0 Å². The Balaban J connectivity index is 2.28. The number of nitrogens with one attached hydrogen (secondary N) is 3. The molecule has 0 aromatic rings. The first-order valence-corrected chi connectivity index (χ1v) is 8.61. The standard InChI is InChI=1S/C17H32N4O/c1-4-18-17(20-13-11-16(22)21-14(2)3)19-12-10-15-8-6-5-7-9-15/h8,14H,4-7,9-13H2,1-3H3,(H,21,22)(H2,18,19,20). The summed E-state index contributed by atoms with van der Waals surface area (Å²) in [6, 6.07) is 0.187. The van der Waals surface area contributed by atoms with Gasteiger partial charge >= 0.3 is 0 Å². The molecular weight excluding hydrogens is 276 g/mol. The van der Waals surface area contributed by atoms with Crippen molar-refractivity contribution in [2.24, 2.45) is 4.99 Å². The normalized spacial score (nSPS) is 15.5. The Morgan fingerprint density at radius 2 is 2.14 bits per heavy atom. The monoisotopic (exact) mass is 308 g/mol. The van der Waals surface area contributed by atoms with Gasteiger partial charge in [-0.1, -0.05) is 11.6 Å². The third kappa shape index (κ3) is 8.70. The van der Waals surface area contributed by atoms with Gasteiger partial charge in [0.1, 0.15) is 0 Å². The van der Waals surface area contributed by atoms with E-state index in [-0.39, 0.29) is 11.9 Å². The second-order valence-corrected chi connectivity index (χ2v) is 6.02. The van der Waals surface area contributed by atoms with Crippen molar-refractivity contribution in [3.05, 3.63) is 11.6 Å². The summed E-state index contributed by atoms with van der Waals surface area (Å²) in [5, 5.41) is 9.45. The van der Waals surface area contributed by atoms with Crippen LogP contribution in [-0.2, 0) is 4.79 Å². The van der Waals surface area contributed by atoms with E-state index in [1.807, 2.05) is 20.8 Å². The Labute approximate surface area is 135 Å². The minimum atomic E-state index is 0.0574. The zero-order valence-corrected chi connectivity index (χ0v) is 14.4. The summed E-state index contributed by atoms with van der Waals surface area (Å²) in [6.45, 7) is 8.21. The lowest BCUT2D eigenvalue weighted by Gasteiger charge is -2.15. The van der Waals surface area contributed by atoms with Gasteiger partial charge in [0.05, 0.1) is 6.54 Å². The van der Waals surface area contributed by atoms with Gasteiger partial charge < -0.3 is 16.0 Å². The smallest absolute Gasteiger partial charge is 0.222 e. The maximum Gasteiger partial charge on any atom is 0.222 e. The van der Waals surface area contributed by atoms with Gasteiger partial charge in [0.15, 0.2) is 5.96 Å². The molecule has 1 amide bonds. The van der Waals surface area contributed by atoms with E-state index in [1.54, 1.807) is 5.57 Å². The van der Waals surface area contributed by atoms with Crippen LogP contribution < -0.4 is 16.0 Å². The van der Waals surface area contributed by atoms with Crippen molar-refractivity contribution >= 4 is 11.9 Å². The SMILES string of the molecule is CCNC(=NCCC(=O)NC(C)C)NCCC1=CCCCC1. The van der Waals surface area contributed by atoms with E-state index in [0.29, 0.717) is 13.0 Å². The number of nitrogens with zero attached hydrogens (tertiary/aromatic N) is 1. The Bertz CT molecular complexity index is 388. The average Bonchev–Trinajstić information content (AvgIpc) is 2.47. The summed E-state index contributed by atoms with van der Waals surface area (Å²) < 4.78 is 0. The van der Waals surface area contributed by atoms with Crippen molar-refractivity contribution < 1.29 is 4.79 Å². The molecule has 0 heterocycles. The molecule has 0 aliphatic heterocycles. The van der Waals surface area contributed by atoms with Crippen LogP contribution in [0.25, 0.3) is 0 Å². The average molecular weight is 308 g/mol. The zero-order chi connectivity index (χ0) is 16.2. The van der Waals surface area contributed by atoms with Gasteiger partial charge in [0, 0.05) is 25.6 Å². The predicted molar refractivity (Wildman–Crippen MR) is 93.0 cm³/mol. The quantitative estimate of drug-likeness (QED) is 0.366. The van der Waals surface area contributed by atoms with Crippen LogP contribution in [0.1, 0.15) is 59.3 Å². The molecule has 5 heteroatoms. The summed E-state index contributed by atoms with van der Waals surface area (Å²) in [4.78, 5) is 16.0. The summed E-state index contributed by atoms with van der Waals surface area (Å²) >= 11 is 0. The highest BCUT2D eigenvalue weighted by atomic mass is 16.1. The van der Waals surface area contributed by atoms with Crippen LogP contribution in [0.5, 0.6) is 0 Å². The van der Waals surface area contributed by atoms with E-state index < -0.39 is 0 Å². The molecule has 0 bridgehead atoms. The molecule has 0 aromatic heterocycles. The molecule has 22 heavy (non-hydrogen) atoms. The maximum atomic E-state index is 11.6. The highest BCUT2D eigenvalue weighted by Crippen LogP contribution is 2.19. The fraction of sp³-hybridized carbons (Fsp3) is 0.765. The fourth-order valence-corrected chi connectivity index (χ4v) is 2.48. The highest BCUT2D eigenvalue weighted by molar-refractivity contribution is 5.80. The van der Waals surface area contributed by atoms with Crippen molar-refractivity contribution in [2.75, 3.05) is 19.6 Å². The van der Waals surface area contributed by atoms with Gasteiger partial charge in [0.2, 0.25) is 5.91 Å². The van der Waals surface area contributed by atoms with Crippen LogP contribution in [-0.4, -0.2) is 37.5 Å². The van der Waals surface area contributed by atoms with Crippen LogP contribution in [0.15, 0.2) is 16.6 Å². The third-order valence-electron chi connectivity index (χ3n) is 3.53. The number of hydrogen-bond acceptors (Lipinski definition) is 2. The molecule has 1 aliphatic carbocycles. The summed E-state index contributed by atoms with van der Waals surface area (Å²) in [6.07, 6.45) is 9.02. The predicted octanol–water partition coefficient (Wildman–Crippen LogP) is 2.35. The molecule has 1 aliphatic rings. The maximum absolute atomic E-state index is 11.6. The van der Waals surface area contributed by atoms with Crippen LogP contribution in [0.3, 0.4) is 0 Å². The van der Waals surface area contributed by atoms with E-state index in [9.17, 15) is 4.79 Å². The molecule has 0 aromatic carbocycles. The van der Waals surface area contributed by atoms with E-state index >= 15 is 0 Å². The number of aliphatic imine (C=N–C) groups is 1. The second-order valence-electron chi connectivity index (χ2n) is 6.02. The van der Waals surface area contributed by atoms with Gasteiger partial charge in [0.25, 0.3) is 0 Å². The van der Waals surface area contributed by atoms with Crippen LogP contribution in [0.2, 0.25) is 0 Å². The summed E-state index contributed by atoms with van der Waals surface area (Å²) in [7, 11) is 0. The number of guanidine groups is 1. The molecule has 0 saturated carbocycles. The summed E-state index contributed by atoms with van der Waals surface area (Å²) in [5.41, 5.74) is 1.56. The molecule has 0 unspecified atom stereocenters. The molecule has 5 nitrogen and oxygen atoms in total. The first-order valence-electron chi connectivity index (χ1n) is 8.61. The van der Waals surface area contributed by atoms with Gasteiger partial charge in [-0.3, -0.25) is 9.79 Å². The van der Waals surface area contributed by atoms with Gasteiger partial charge in [-0.05, 0) is 52.9 Å². The topological polar surface area (TPSA) is 65.5 Å². The van der Waals surface area contributed by atoms with E-state index in [0.717, 1.165) is 25.5 Å². The Morgan fingerprint density at radius 3 is 2.77 bits per heavy atom. The summed E-state index contributed by atoms with van der Waals surface area (Å²) in [5.74, 6) is 0.859. The number of amides is 1. The van der Waals surface area contributed by atoms with Crippen LogP contribution in [0.4, 0.5) is 0 Å².